The van der Waals surface area contributed by atoms with E-state index in [1.165, 1.54) is 18.2 Å². The molecule has 2 atom stereocenters. The number of halogens is 2. The zero-order chi connectivity index (χ0) is 18.6. The summed E-state index contributed by atoms with van der Waals surface area (Å²) in [6.45, 7) is -0.0726. The van der Waals surface area contributed by atoms with Crippen LogP contribution in [-0.2, 0) is 6.54 Å². The second kappa shape index (κ2) is 7.58. The van der Waals surface area contributed by atoms with Crippen LogP contribution in [-0.4, -0.2) is 5.96 Å². The Labute approximate surface area is 156 Å². The molecule has 0 unspecified atom stereocenters. The molecule has 0 amide bonds. The van der Waals surface area contributed by atoms with Crippen LogP contribution in [0.4, 0.5) is 8.78 Å². The van der Waals surface area contributed by atoms with E-state index in [4.69, 9.17) is 0 Å². The quantitative estimate of drug-likeness (QED) is 0.716. The van der Waals surface area contributed by atoms with Gasteiger partial charge in [0.1, 0.15) is 11.6 Å². The molecule has 3 aromatic rings. The fourth-order valence-corrected chi connectivity index (χ4v) is 3.31. The molecule has 4 rings (SSSR count). The SMILES string of the molecule is Fc1cccc(F)c1CN=C1N[C@H](c2ccccc2)[C@H](c2ccccc2)N1. The molecule has 1 fully saturated rings. The van der Waals surface area contributed by atoms with E-state index in [0.717, 1.165) is 11.1 Å². The van der Waals surface area contributed by atoms with Gasteiger partial charge in [0.15, 0.2) is 5.96 Å². The van der Waals surface area contributed by atoms with Gasteiger partial charge in [-0.05, 0) is 23.3 Å². The minimum absolute atomic E-state index is 0.0298. The summed E-state index contributed by atoms with van der Waals surface area (Å²) < 4.78 is 27.7. The highest BCUT2D eigenvalue weighted by Crippen LogP contribution is 2.32. The van der Waals surface area contributed by atoms with Crippen molar-refractivity contribution in [2.75, 3.05) is 0 Å². The maximum Gasteiger partial charge on any atom is 0.192 e. The van der Waals surface area contributed by atoms with Gasteiger partial charge in [-0.1, -0.05) is 66.7 Å². The third kappa shape index (κ3) is 3.67. The standard InChI is InChI=1S/C22H19F2N3/c23-18-12-7-13-19(24)17(18)14-25-22-26-20(15-8-3-1-4-9-15)21(27-22)16-10-5-2-6-11-16/h1-13,20-21H,14H2,(H2,25,26,27)/t20-,21+. The molecule has 5 heteroatoms. The lowest BCUT2D eigenvalue weighted by Gasteiger charge is -2.19. The van der Waals surface area contributed by atoms with Crippen LogP contribution in [0.15, 0.2) is 83.9 Å². The van der Waals surface area contributed by atoms with Gasteiger partial charge in [-0.2, -0.15) is 0 Å². The van der Waals surface area contributed by atoms with Crippen LogP contribution in [0.25, 0.3) is 0 Å². The zero-order valence-electron chi connectivity index (χ0n) is 14.6. The van der Waals surface area contributed by atoms with Gasteiger partial charge in [-0.15, -0.1) is 0 Å². The summed E-state index contributed by atoms with van der Waals surface area (Å²) in [4.78, 5) is 4.38. The lowest BCUT2D eigenvalue weighted by Crippen LogP contribution is -2.25. The smallest absolute Gasteiger partial charge is 0.192 e. The van der Waals surface area contributed by atoms with E-state index in [2.05, 4.69) is 39.9 Å². The zero-order valence-corrected chi connectivity index (χ0v) is 14.6. The average molecular weight is 363 g/mol. The van der Waals surface area contributed by atoms with E-state index >= 15 is 0 Å². The highest BCUT2D eigenvalue weighted by atomic mass is 19.1. The van der Waals surface area contributed by atoms with E-state index in [1.807, 2.05) is 36.4 Å². The summed E-state index contributed by atoms with van der Waals surface area (Å²) in [6.07, 6.45) is 0. The predicted octanol–water partition coefficient (Wildman–Crippen LogP) is 4.50. The summed E-state index contributed by atoms with van der Waals surface area (Å²) in [5.41, 5.74) is 2.19. The van der Waals surface area contributed by atoms with Crippen molar-refractivity contribution >= 4 is 5.96 Å². The van der Waals surface area contributed by atoms with Crippen LogP contribution < -0.4 is 10.6 Å². The summed E-state index contributed by atoms with van der Waals surface area (Å²) in [5.74, 6) is -0.645. The summed E-state index contributed by atoms with van der Waals surface area (Å²) in [6, 6.07) is 23.9. The Hall–Kier alpha value is -3.21. The molecule has 0 aromatic heterocycles. The van der Waals surface area contributed by atoms with Gasteiger partial charge in [0.25, 0.3) is 0 Å². The van der Waals surface area contributed by atoms with Crippen LogP contribution in [0, 0.1) is 11.6 Å². The molecule has 3 aromatic carbocycles. The van der Waals surface area contributed by atoms with Gasteiger partial charge in [0, 0.05) is 5.56 Å². The Kier molecular flexibility index (Phi) is 4.83. The van der Waals surface area contributed by atoms with Gasteiger partial charge in [-0.3, -0.25) is 0 Å². The summed E-state index contributed by atoms with van der Waals surface area (Å²) in [5, 5.41) is 6.72. The molecule has 136 valence electrons. The van der Waals surface area contributed by atoms with E-state index in [1.54, 1.807) is 0 Å². The van der Waals surface area contributed by atoms with Crippen molar-refractivity contribution < 1.29 is 8.78 Å². The van der Waals surface area contributed by atoms with Crippen LogP contribution in [0.5, 0.6) is 0 Å². The normalized spacial score (nSPS) is 20.3. The monoisotopic (exact) mass is 363 g/mol. The van der Waals surface area contributed by atoms with Crippen molar-refractivity contribution in [3.8, 4) is 0 Å². The Morgan fingerprint density at radius 1 is 0.667 bits per heavy atom. The van der Waals surface area contributed by atoms with Gasteiger partial charge < -0.3 is 10.6 Å². The van der Waals surface area contributed by atoms with Gasteiger partial charge in [-0.25, -0.2) is 13.8 Å². The third-order valence-corrected chi connectivity index (χ3v) is 4.69. The van der Waals surface area contributed by atoms with Gasteiger partial charge in [0.05, 0.1) is 18.6 Å². The molecule has 0 saturated carbocycles. The van der Waals surface area contributed by atoms with E-state index in [9.17, 15) is 8.78 Å². The van der Waals surface area contributed by atoms with Crippen molar-refractivity contribution in [2.24, 2.45) is 4.99 Å². The van der Waals surface area contributed by atoms with E-state index in [-0.39, 0.29) is 24.2 Å². The van der Waals surface area contributed by atoms with Gasteiger partial charge >= 0.3 is 0 Å². The van der Waals surface area contributed by atoms with E-state index < -0.39 is 11.6 Å². The first-order valence-electron chi connectivity index (χ1n) is 8.82. The number of rotatable bonds is 4. The molecular formula is C22H19F2N3. The largest absolute Gasteiger partial charge is 0.347 e. The molecule has 1 aliphatic rings. The highest BCUT2D eigenvalue weighted by Gasteiger charge is 2.32. The molecule has 0 radical (unpaired) electrons. The molecule has 0 bridgehead atoms. The van der Waals surface area contributed by atoms with E-state index in [0.29, 0.717) is 5.96 Å². The number of nitrogens with one attached hydrogen (secondary N) is 2. The van der Waals surface area contributed by atoms with Crippen LogP contribution >= 0.6 is 0 Å². The van der Waals surface area contributed by atoms with Crippen molar-refractivity contribution in [2.45, 2.75) is 18.6 Å². The molecule has 0 aliphatic carbocycles. The van der Waals surface area contributed by atoms with Crippen molar-refractivity contribution in [1.82, 2.24) is 10.6 Å². The molecule has 1 aliphatic heterocycles. The van der Waals surface area contributed by atoms with Crippen LogP contribution in [0.2, 0.25) is 0 Å². The fourth-order valence-electron chi connectivity index (χ4n) is 3.31. The number of nitrogens with zero attached hydrogens (tertiary/aromatic N) is 1. The van der Waals surface area contributed by atoms with Crippen molar-refractivity contribution in [1.29, 1.82) is 0 Å². The van der Waals surface area contributed by atoms with Crippen LogP contribution in [0.3, 0.4) is 0 Å². The van der Waals surface area contributed by atoms with Crippen molar-refractivity contribution in [3.63, 3.8) is 0 Å². The number of hydrogen-bond donors (Lipinski definition) is 2. The minimum Gasteiger partial charge on any atom is -0.347 e. The Morgan fingerprint density at radius 3 is 1.63 bits per heavy atom. The third-order valence-electron chi connectivity index (χ3n) is 4.69. The summed E-state index contributed by atoms with van der Waals surface area (Å²) >= 11 is 0. The predicted molar refractivity (Wildman–Crippen MR) is 102 cm³/mol. The fraction of sp³-hybridized carbons (Fsp3) is 0.136. The summed E-state index contributed by atoms with van der Waals surface area (Å²) in [7, 11) is 0. The second-order valence-corrected chi connectivity index (χ2v) is 6.43. The van der Waals surface area contributed by atoms with Crippen molar-refractivity contribution in [3.05, 3.63) is 107 Å². The Balaban J connectivity index is 1.62. The first-order valence-corrected chi connectivity index (χ1v) is 8.82. The topological polar surface area (TPSA) is 36.4 Å². The minimum atomic E-state index is -0.587. The number of hydrogen-bond acceptors (Lipinski definition) is 1. The Morgan fingerprint density at radius 2 is 1.15 bits per heavy atom. The second-order valence-electron chi connectivity index (χ2n) is 6.43. The maximum absolute atomic E-state index is 13.9. The molecule has 2 N–H and O–H groups in total. The Bertz CT molecular complexity index is 873. The number of benzene rings is 3. The average Bonchev–Trinajstić information content (AvgIpc) is 3.13. The van der Waals surface area contributed by atoms with Crippen LogP contribution in [0.1, 0.15) is 28.8 Å². The molecule has 0 spiro atoms. The first-order chi connectivity index (χ1) is 13.2. The molecular weight excluding hydrogens is 344 g/mol. The van der Waals surface area contributed by atoms with Gasteiger partial charge in [0.2, 0.25) is 0 Å². The molecule has 1 heterocycles. The number of guanidine groups is 1. The maximum atomic E-state index is 13.9. The molecule has 3 nitrogen and oxygen atoms in total. The molecule has 1 saturated heterocycles. The lowest BCUT2D eigenvalue weighted by molar-refractivity contribution is 0.554. The molecule has 27 heavy (non-hydrogen) atoms. The highest BCUT2D eigenvalue weighted by molar-refractivity contribution is 5.83. The lowest BCUT2D eigenvalue weighted by atomic mass is 9.95. The first kappa shape index (κ1) is 17.2. The number of aliphatic imine (C=N–C) groups is 1.